The van der Waals surface area contributed by atoms with E-state index in [1.165, 1.54) is 13.2 Å². The van der Waals surface area contributed by atoms with Crippen LogP contribution in [0.4, 0.5) is 15.8 Å². The third-order valence-corrected chi connectivity index (χ3v) is 2.89. The van der Waals surface area contributed by atoms with Gasteiger partial charge in [-0.25, -0.2) is 4.39 Å². The zero-order chi connectivity index (χ0) is 13.1. The monoisotopic (exact) mass is 246 g/mol. The molecule has 0 aromatic heterocycles. The largest absolute Gasteiger partial charge is 0.494 e. The summed E-state index contributed by atoms with van der Waals surface area (Å²) in [5, 5.41) is 0. The van der Waals surface area contributed by atoms with E-state index in [0.717, 1.165) is 5.56 Å². The number of hydrogen-bond acceptors (Lipinski definition) is 3. The van der Waals surface area contributed by atoms with E-state index in [1.54, 1.807) is 12.1 Å². The summed E-state index contributed by atoms with van der Waals surface area (Å²) in [6.45, 7) is 0. The number of halogens is 1. The SMILES string of the molecule is COc1ccc(N)c(Cc2ccccc2N)c1F. The van der Waals surface area contributed by atoms with Gasteiger partial charge in [0.05, 0.1) is 7.11 Å². The number of nitrogens with two attached hydrogens (primary N) is 2. The van der Waals surface area contributed by atoms with E-state index in [2.05, 4.69) is 0 Å². The highest BCUT2D eigenvalue weighted by Gasteiger charge is 2.13. The van der Waals surface area contributed by atoms with E-state index >= 15 is 0 Å². The number of anilines is 2. The molecule has 0 unspecified atom stereocenters. The summed E-state index contributed by atoms with van der Waals surface area (Å²) in [5.74, 6) is -0.241. The molecular weight excluding hydrogens is 231 g/mol. The molecule has 0 aliphatic carbocycles. The lowest BCUT2D eigenvalue weighted by molar-refractivity contribution is 0.385. The standard InChI is InChI=1S/C14H15FN2O/c1-18-13-7-6-12(17)10(14(13)15)8-9-4-2-3-5-11(9)16/h2-7H,8,16-17H2,1H3. The highest BCUT2D eigenvalue weighted by Crippen LogP contribution is 2.28. The summed E-state index contributed by atoms with van der Waals surface area (Å²) in [7, 11) is 1.43. The lowest BCUT2D eigenvalue weighted by Crippen LogP contribution is -2.03. The van der Waals surface area contributed by atoms with Crippen LogP contribution in [0.3, 0.4) is 0 Å². The van der Waals surface area contributed by atoms with Gasteiger partial charge in [-0.3, -0.25) is 0 Å². The van der Waals surface area contributed by atoms with Crippen molar-refractivity contribution in [3.63, 3.8) is 0 Å². The lowest BCUT2D eigenvalue weighted by Gasteiger charge is -2.11. The van der Waals surface area contributed by atoms with Crippen LogP contribution in [0.2, 0.25) is 0 Å². The van der Waals surface area contributed by atoms with Gasteiger partial charge in [-0.2, -0.15) is 0 Å². The summed E-state index contributed by atoms with van der Waals surface area (Å²) >= 11 is 0. The summed E-state index contributed by atoms with van der Waals surface area (Å²) in [5.41, 5.74) is 13.9. The molecule has 0 saturated heterocycles. The molecule has 4 N–H and O–H groups in total. The molecule has 2 aromatic rings. The van der Waals surface area contributed by atoms with Crippen molar-refractivity contribution in [1.29, 1.82) is 0 Å². The van der Waals surface area contributed by atoms with Gasteiger partial charge in [0.25, 0.3) is 0 Å². The summed E-state index contributed by atoms with van der Waals surface area (Å²) < 4.78 is 19.1. The quantitative estimate of drug-likeness (QED) is 0.818. The molecule has 3 nitrogen and oxygen atoms in total. The van der Waals surface area contributed by atoms with Crippen LogP contribution >= 0.6 is 0 Å². The topological polar surface area (TPSA) is 61.3 Å². The molecule has 0 aliphatic heterocycles. The number of methoxy groups -OCH3 is 1. The van der Waals surface area contributed by atoms with Gasteiger partial charge in [-0.05, 0) is 23.8 Å². The molecule has 0 amide bonds. The van der Waals surface area contributed by atoms with Gasteiger partial charge in [0.15, 0.2) is 11.6 Å². The highest BCUT2D eigenvalue weighted by molar-refractivity contribution is 5.56. The lowest BCUT2D eigenvalue weighted by atomic mass is 10.0. The molecule has 0 fully saturated rings. The minimum absolute atomic E-state index is 0.189. The highest BCUT2D eigenvalue weighted by atomic mass is 19.1. The van der Waals surface area contributed by atoms with Crippen molar-refractivity contribution in [3.05, 3.63) is 53.3 Å². The molecule has 2 aromatic carbocycles. The smallest absolute Gasteiger partial charge is 0.170 e. The molecule has 2 rings (SSSR count). The Balaban J connectivity index is 2.43. The van der Waals surface area contributed by atoms with Gasteiger partial charge in [-0.1, -0.05) is 18.2 Å². The molecule has 0 heterocycles. The van der Waals surface area contributed by atoms with Crippen molar-refractivity contribution >= 4 is 11.4 Å². The second-order valence-electron chi connectivity index (χ2n) is 4.03. The van der Waals surface area contributed by atoms with E-state index in [9.17, 15) is 4.39 Å². The van der Waals surface area contributed by atoms with Crippen molar-refractivity contribution < 1.29 is 9.13 Å². The molecule has 18 heavy (non-hydrogen) atoms. The van der Waals surface area contributed by atoms with Gasteiger partial charge >= 0.3 is 0 Å². The third kappa shape index (κ3) is 2.22. The summed E-state index contributed by atoms with van der Waals surface area (Å²) in [6.07, 6.45) is 0.349. The number of benzene rings is 2. The molecular formula is C14H15FN2O. The van der Waals surface area contributed by atoms with Crippen LogP contribution in [0.15, 0.2) is 36.4 Å². The fraction of sp³-hybridized carbons (Fsp3) is 0.143. The van der Waals surface area contributed by atoms with Gasteiger partial charge in [0.2, 0.25) is 0 Å². The number of rotatable bonds is 3. The van der Waals surface area contributed by atoms with Gasteiger partial charge in [0, 0.05) is 23.4 Å². The minimum Gasteiger partial charge on any atom is -0.494 e. The zero-order valence-electron chi connectivity index (χ0n) is 10.1. The predicted octanol–water partition coefficient (Wildman–Crippen LogP) is 2.59. The van der Waals surface area contributed by atoms with Gasteiger partial charge < -0.3 is 16.2 Å². The molecule has 0 atom stereocenters. The van der Waals surface area contributed by atoms with Crippen molar-refractivity contribution in [2.24, 2.45) is 0 Å². The number of ether oxygens (including phenoxy) is 1. The molecule has 94 valence electrons. The first-order valence-corrected chi connectivity index (χ1v) is 5.57. The van der Waals surface area contributed by atoms with E-state index in [4.69, 9.17) is 16.2 Å². The second kappa shape index (κ2) is 4.96. The fourth-order valence-corrected chi connectivity index (χ4v) is 1.84. The Morgan fingerprint density at radius 3 is 2.44 bits per heavy atom. The normalized spacial score (nSPS) is 10.3. The number of nitrogen functional groups attached to an aromatic ring is 2. The Hall–Kier alpha value is -2.23. The summed E-state index contributed by atoms with van der Waals surface area (Å²) in [6, 6.07) is 10.5. The van der Waals surface area contributed by atoms with Crippen molar-refractivity contribution in [3.8, 4) is 5.75 Å². The Bertz CT molecular complexity index is 570. The molecule has 0 saturated carbocycles. The maximum absolute atomic E-state index is 14.1. The van der Waals surface area contributed by atoms with Crippen LogP contribution in [0.25, 0.3) is 0 Å². The Labute approximate surface area is 105 Å². The molecule has 0 bridgehead atoms. The predicted molar refractivity (Wildman–Crippen MR) is 71.0 cm³/mol. The third-order valence-electron chi connectivity index (χ3n) is 2.89. The molecule has 0 aliphatic rings. The summed E-state index contributed by atoms with van der Waals surface area (Å²) in [4.78, 5) is 0. The number of para-hydroxylation sites is 1. The average molecular weight is 246 g/mol. The fourth-order valence-electron chi connectivity index (χ4n) is 1.84. The maximum Gasteiger partial charge on any atom is 0.170 e. The maximum atomic E-state index is 14.1. The first kappa shape index (κ1) is 12.2. The molecule has 0 spiro atoms. The second-order valence-corrected chi connectivity index (χ2v) is 4.03. The van der Waals surface area contributed by atoms with Crippen LogP contribution in [0, 0.1) is 5.82 Å². The first-order chi connectivity index (χ1) is 8.63. The van der Waals surface area contributed by atoms with Crippen LogP contribution in [-0.2, 0) is 6.42 Å². The first-order valence-electron chi connectivity index (χ1n) is 5.57. The number of hydrogen-bond donors (Lipinski definition) is 2. The van der Waals surface area contributed by atoms with E-state index in [1.807, 2.05) is 18.2 Å². The van der Waals surface area contributed by atoms with Crippen LogP contribution in [-0.4, -0.2) is 7.11 Å². The average Bonchev–Trinajstić information content (AvgIpc) is 2.37. The minimum atomic E-state index is -0.430. The molecule has 4 heteroatoms. The van der Waals surface area contributed by atoms with Crippen LogP contribution in [0.1, 0.15) is 11.1 Å². The zero-order valence-corrected chi connectivity index (χ0v) is 10.1. The van der Waals surface area contributed by atoms with Crippen molar-refractivity contribution in [1.82, 2.24) is 0 Å². The van der Waals surface area contributed by atoms with Crippen molar-refractivity contribution in [2.75, 3.05) is 18.6 Å². The Kier molecular flexibility index (Phi) is 3.37. The van der Waals surface area contributed by atoms with E-state index < -0.39 is 5.82 Å². The van der Waals surface area contributed by atoms with Crippen molar-refractivity contribution in [2.45, 2.75) is 6.42 Å². The van der Waals surface area contributed by atoms with Gasteiger partial charge in [-0.15, -0.1) is 0 Å². The Morgan fingerprint density at radius 1 is 1.06 bits per heavy atom. The van der Waals surface area contributed by atoms with Gasteiger partial charge in [0.1, 0.15) is 0 Å². The molecule has 0 radical (unpaired) electrons. The van der Waals surface area contributed by atoms with Crippen LogP contribution in [0.5, 0.6) is 5.75 Å². The van der Waals surface area contributed by atoms with E-state index in [0.29, 0.717) is 23.4 Å². The Morgan fingerprint density at radius 2 is 1.78 bits per heavy atom. The van der Waals surface area contributed by atoms with E-state index in [-0.39, 0.29) is 5.75 Å². The van der Waals surface area contributed by atoms with Crippen LogP contribution < -0.4 is 16.2 Å².